The molecule has 1 heterocycles. The predicted molar refractivity (Wildman–Crippen MR) is 109 cm³/mol. The van der Waals surface area contributed by atoms with Crippen LogP contribution in [0.4, 0.5) is 0 Å². The summed E-state index contributed by atoms with van der Waals surface area (Å²) in [6.07, 6.45) is 6.72. The highest BCUT2D eigenvalue weighted by atomic mass is 16.4. The van der Waals surface area contributed by atoms with Gasteiger partial charge in [-0.3, -0.25) is 14.4 Å². The van der Waals surface area contributed by atoms with Gasteiger partial charge in [-0.25, -0.2) is 0 Å². The van der Waals surface area contributed by atoms with Gasteiger partial charge < -0.3 is 31.3 Å². The van der Waals surface area contributed by atoms with Crippen LogP contribution < -0.4 is 16.4 Å². The van der Waals surface area contributed by atoms with Gasteiger partial charge in [0.2, 0.25) is 17.7 Å². The molecular weight excluding hydrogens is 375 g/mol. The minimum absolute atomic E-state index is 0.140. The molecule has 0 aromatic carbocycles. The Morgan fingerprint density at radius 2 is 1.72 bits per heavy atom. The molecule has 29 heavy (non-hydrogen) atoms. The fourth-order valence-corrected chi connectivity index (χ4v) is 4.29. The van der Waals surface area contributed by atoms with Crippen molar-refractivity contribution >= 4 is 24.8 Å². The first kappa shape index (κ1) is 23.6. The normalized spacial score (nSPS) is 23.2. The van der Waals surface area contributed by atoms with Crippen LogP contribution >= 0.6 is 0 Å². The van der Waals surface area contributed by atoms with E-state index < -0.39 is 37.1 Å². The number of carbonyl (C=O) groups is 3. The van der Waals surface area contributed by atoms with Crippen LogP contribution in [0.2, 0.25) is 0 Å². The molecular formula is C19H35BN4O5. The first-order valence-electron chi connectivity index (χ1n) is 10.8. The molecule has 164 valence electrons. The average molecular weight is 410 g/mol. The molecule has 2 rings (SSSR count). The van der Waals surface area contributed by atoms with Crippen molar-refractivity contribution in [2.75, 3.05) is 6.54 Å². The standard InChI is InChI=1S/C19H35BN4O5/c1-3-14(19(27)24-11-7-10-15(24)20(28)29)23-17(25)12(2)22-18(26)16(21)13-8-5-4-6-9-13/h12-16,28-29H,3-11,21H2,1-2H3,(H,22,26)(H,23,25)/t12-,14-,15-,16-/m0/s1. The second-order valence-corrected chi connectivity index (χ2v) is 8.28. The number of nitrogens with zero attached hydrogens (tertiary/aromatic N) is 1. The monoisotopic (exact) mass is 410 g/mol. The van der Waals surface area contributed by atoms with Crippen LogP contribution in [0.5, 0.6) is 0 Å². The molecule has 3 amide bonds. The lowest BCUT2D eigenvalue weighted by atomic mass is 9.77. The van der Waals surface area contributed by atoms with E-state index in [0.29, 0.717) is 25.8 Å². The summed E-state index contributed by atoms with van der Waals surface area (Å²) in [4.78, 5) is 39.2. The molecule has 9 nitrogen and oxygen atoms in total. The molecule has 2 aliphatic rings. The Kier molecular flexibility index (Phi) is 8.91. The third kappa shape index (κ3) is 6.17. The maximum Gasteiger partial charge on any atom is 0.475 e. The van der Waals surface area contributed by atoms with Gasteiger partial charge in [0.25, 0.3) is 0 Å². The topological polar surface area (TPSA) is 145 Å². The first-order valence-corrected chi connectivity index (χ1v) is 10.8. The van der Waals surface area contributed by atoms with Gasteiger partial charge in [0.05, 0.1) is 12.0 Å². The fourth-order valence-electron chi connectivity index (χ4n) is 4.29. The van der Waals surface area contributed by atoms with E-state index in [2.05, 4.69) is 10.6 Å². The Bertz CT molecular complexity index is 585. The zero-order chi connectivity index (χ0) is 21.6. The number of amides is 3. The quantitative estimate of drug-likeness (QED) is 0.335. The summed E-state index contributed by atoms with van der Waals surface area (Å²) in [7, 11) is -1.60. The van der Waals surface area contributed by atoms with E-state index in [1.54, 1.807) is 13.8 Å². The van der Waals surface area contributed by atoms with Gasteiger partial charge in [-0.1, -0.05) is 26.2 Å². The van der Waals surface area contributed by atoms with E-state index in [9.17, 15) is 24.4 Å². The molecule has 0 bridgehead atoms. The van der Waals surface area contributed by atoms with Gasteiger partial charge in [0, 0.05) is 6.54 Å². The summed E-state index contributed by atoms with van der Waals surface area (Å²) < 4.78 is 0. The number of hydrogen-bond donors (Lipinski definition) is 5. The van der Waals surface area contributed by atoms with Crippen molar-refractivity contribution in [1.29, 1.82) is 0 Å². The smallest absolute Gasteiger partial charge is 0.426 e. The Morgan fingerprint density at radius 3 is 2.31 bits per heavy atom. The predicted octanol–water partition coefficient (Wildman–Crippen LogP) is -0.703. The highest BCUT2D eigenvalue weighted by Gasteiger charge is 2.39. The van der Waals surface area contributed by atoms with Crippen molar-refractivity contribution in [3.63, 3.8) is 0 Å². The van der Waals surface area contributed by atoms with Crippen molar-refractivity contribution in [3.8, 4) is 0 Å². The Balaban J connectivity index is 1.89. The van der Waals surface area contributed by atoms with E-state index in [-0.39, 0.29) is 17.7 Å². The van der Waals surface area contributed by atoms with E-state index >= 15 is 0 Å². The molecule has 0 radical (unpaired) electrons. The lowest BCUT2D eigenvalue weighted by molar-refractivity contribution is -0.137. The van der Waals surface area contributed by atoms with E-state index in [0.717, 1.165) is 25.7 Å². The molecule has 1 aliphatic carbocycles. The summed E-state index contributed by atoms with van der Waals surface area (Å²) in [6, 6.07) is -2.24. The maximum absolute atomic E-state index is 12.8. The van der Waals surface area contributed by atoms with Gasteiger partial charge in [-0.2, -0.15) is 0 Å². The van der Waals surface area contributed by atoms with Crippen LogP contribution in [-0.4, -0.2) is 70.4 Å². The maximum atomic E-state index is 12.8. The van der Waals surface area contributed by atoms with Crippen molar-refractivity contribution in [2.45, 2.75) is 89.3 Å². The lowest BCUT2D eigenvalue weighted by Crippen LogP contribution is -2.57. The van der Waals surface area contributed by atoms with Crippen LogP contribution in [0.1, 0.15) is 65.2 Å². The van der Waals surface area contributed by atoms with Crippen LogP contribution in [-0.2, 0) is 14.4 Å². The molecule has 0 aromatic heterocycles. The number of likely N-dealkylation sites (tertiary alicyclic amines) is 1. The second kappa shape index (κ2) is 10.9. The number of nitrogens with two attached hydrogens (primary N) is 1. The molecule has 10 heteroatoms. The summed E-state index contributed by atoms with van der Waals surface area (Å²) >= 11 is 0. The number of rotatable bonds is 8. The highest BCUT2D eigenvalue weighted by Crippen LogP contribution is 2.25. The lowest BCUT2D eigenvalue weighted by Gasteiger charge is -2.30. The Hall–Kier alpha value is -1.65. The summed E-state index contributed by atoms with van der Waals surface area (Å²) in [5, 5.41) is 24.3. The summed E-state index contributed by atoms with van der Waals surface area (Å²) in [5.74, 6) is -1.66. The van der Waals surface area contributed by atoms with Gasteiger partial charge in [0.1, 0.15) is 12.1 Å². The van der Waals surface area contributed by atoms with Crippen LogP contribution in [0.3, 0.4) is 0 Å². The number of hydrogen-bond acceptors (Lipinski definition) is 6. The first-order chi connectivity index (χ1) is 13.8. The highest BCUT2D eigenvalue weighted by molar-refractivity contribution is 6.43. The third-order valence-corrected chi connectivity index (χ3v) is 6.16. The average Bonchev–Trinajstić information content (AvgIpc) is 3.21. The molecule has 1 saturated carbocycles. The zero-order valence-electron chi connectivity index (χ0n) is 17.5. The van der Waals surface area contributed by atoms with Crippen LogP contribution in [0.25, 0.3) is 0 Å². The van der Waals surface area contributed by atoms with E-state index in [1.165, 1.54) is 11.3 Å². The van der Waals surface area contributed by atoms with Crippen LogP contribution in [0.15, 0.2) is 0 Å². The minimum Gasteiger partial charge on any atom is -0.426 e. The van der Waals surface area contributed by atoms with Crippen molar-refractivity contribution in [2.24, 2.45) is 11.7 Å². The molecule has 1 aliphatic heterocycles. The second-order valence-electron chi connectivity index (χ2n) is 8.28. The Labute approximate surface area is 172 Å². The van der Waals surface area contributed by atoms with Gasteiger partial charge in [0.15, 0.2) is 0 Å². The third-order valence-electron chi connectivity index (χ3n) is 6.16. The van der Waals surface area contributed by atoms with Crippen molar-refractivity contribution in [3.05, 3.63) is 0 Å². The SMILES string of the molecule is CC[C@H](NC(=O)[C@H](C)NC(=O)[C@@H](N)C1CCCCC1)C(=O)N1CCC[C@H]1B(O)O. The molecule has 6 N–H and O–H groups in total. The fraction of sp³-hybridized carbons (Fsp3) is 0.842. The van der Waals surface area contributed by atoms with E-state index in [4.69, 9.17) is 5.73 Å². The van der Waals surface area contributed by atoms with Gasteiger partial charge in [-0.05, 0) is 44.9 Å². The van der Waals surface area contributed by atoms with Gasteiger partial charge in [-0.15, -0.1) is 0 Å². The molecule has 1 saturated heterocycles. The van der Waals surface area contributed by atoms with Crippen LogP contribution in [0, 0.1) is 5.92 Å². The molecule has 0 spiro atoms. The number of nitrogens with one attached hydrogen (secondary N) is 2. The van der Waals surface area contributed by atoms with E-state index in [1.807, 2.05) is 0 Å². The molecule has 2 fully saturated rings. The Morgan fingerprint density at radius 1 is 1.07 bits per heavy atom. The van der Waals surface area contributed by atoms with Crippen molar-refractivity contribution in [1.82, 2.24) is 15.5 Å². The molecule has 0 unspecified atom stereocenters. The minimum atomic E-state index is -1.60. The van der Waals surface area contributed by atoms with Crippen molar-refractivity contribution < 1.29 is 24.4 Å². The summed E-state index contributed by atoms with van der Waals surface area (Å²) in [5.41, 5.74) is 6.09. The molecule has 4 atom stereocenters. The molecule has 0 aromatic rings. The summed E-state index contributed by atoms with van der Waals surface area (Å²) in [6.45, 7) is 3.76. The number of carbonyl (C=O) groups excluding carboxylic acids is 3. The van der Waals surface area contributed by atoms with Gasteiger partial charge >= 0.3 is 7.12 Å². The zero-order valence-corrected chi connectivity index (χ0v) is 17.5. The largest absolute Gasteiger partial charge is 0.475 e.